The lowest BCUT2D eigenvalue weighted by atomic mass is 9.80. The van der Waals surface area contributed by atoms with Crippen molar-refractivity contribution in [3.63, 3.8) is 0 Å². The lowest BCUT2D eigenvalue weighted by Gasteiger charge is -2.42. The number of rotatable bonds is 25. The number of benzene rings is 3. The molecule has 1 aromatic heterocycles. The maximum Gasteiger partial charge on any atom is 0.330 e. The zero-order chi connectivity index (χ0) is 51.4. The molecule has 0 saturated carbocycles. The summed E-state index contributed by atoms with van der Waals surface area (Å²) in [5.74, 6) is 2.32. The molecule has 3 aromatic carbocycles. The topological polar surface area (TPSA) is 147 Å². The van der Waals surface area contributed by atoms with Crippen molar-refractivity contribution in [2.45, 2.75) is 160 Å². The summed E-state index contributed by atoms with van der Waals surface area (Å²) < 4.78 is 51.2. The van der Waals surface area contributed by atoms with Crippen molar-refractivity contribution < 1.29 is 32.4 Å². The number of ether oxygens (including phenoxy) is 4. The third-order valence-corrected chi connectivity index (χ3v) is 22.6. The number of aryl methyl sites for hydroxylation is 1. The van der Waals surface area contributed by atoms with E-state index in [1.165, 1.54) is 4.57 Å². The Hall–Kier alpha value is -3.46. The van der Waals surface area contributed by atoms with Crippen LogP contribution in [0.4, 0.5) is 0 Å². The molecule has 5 atom stereocenters. The Morgan fingerprint density at radius 1 is 0.843 bits per heavy atom. The van der Waals surface area contributed by atoms with Gasteiger partial charge in [0.15, 0.2) is 14.5 Å². The van der Waals surface area contributed by atoms with Crippen LogP contribution in [0.1, 0.15) is 117 Å². The third kappa shape index (κ3) is 14.6. The minimum absolute atomic E-state index is 0.00789. The van der Waals surface area contributed by atoms with E-state index in [0.717, 1.165) is 35.3 Å². The second-order valence-corrected chi connectivity index (χ2v) is 30.0. The van der Waals surface area contributed by atoms with Crippen molar-refractivity contribution in [1.82, 2.24) is 14.2 Å². The van der Waals surface area contributed by atoms with Gasteiger partial charge < -0.3 is 32.4 Å². The summed E-state index contributed by atoms with van der Waals surface area (Å²) in [4.78, 5) is 30.5. The predicted octanol–water partition coefficient (Wildman–Crippen LogP) is 12.0. The van der Waals surface area contributed by atoms with Gasteiger partial charge in [-0.25, -0.2) is 9.46 Å². The Morgan fingerprint density at radius 2 is 1.41 bits per heavy atom. The van der Waals surface area contributed by atoms with Gasteiger partial charge in [0.25, 0.3) is 14.1 Å². The largest absolute Gasteiger partial charge is 0.497 e. The summed E-state index contributed by atoms with van der Waals surface area (Å²) in [5.41, 5.74) is 0.741. The maximum atomic E-state index is 14.3. The van der Waals surface area contributed by atoms with Crippen LogP contribution in [0.15, 0.2) is 94.6 Å². The van der Waals surface area contributed by atoms with Crippen molar-refractivity contribution in [2.24, 2.45) is 0 Å². The summed E-state index contributed by atoms with van der Waals surface area (Å²) in [6, 6.07) is 27.9. The lowest BCUT2D eigenvalue weighted by molar-refractivity contribution is -0.0944. The van der Waals surface area contributed by atoms with Crippen LogP contribution in [0.3, 0.4) is 0 Å². The molecule has 1 unspecified atom stereocenters. The van der Waals surface area contributed by atoms with Crippen LogP contribution in [-0.2, 0) is 35.0 Å². The van der Waals surface area contributed by atoms with Gasteiger partial charge in [-0.1, -0.05) is 118 Å². The molecular formula is C53H77N4O9PS2Si. The highest BCUT2D eigenvalue weighted by Crippen LogP contribution is 2.52. The van der Waals surface area contributed by atoms with Gasteiger partial charge in [-0.3, -0.25) is 14.3 Å². The normalized spacial score (nSPS) is 18.4. The van der Waals surface area contributed by atoms with E-state index in [1.807, 2.05) is 100 Å². The first-order valence-electron chi connectivity index (χ1n) is 24.3. The molecule has 1 N–H and O–H groups in total. The van der Waals surface area contributed by atoms with Crippen molar-refractivity contribution in [1.29, 1.82) is 5.26 Å². The Balaban J connectivity index is 1.71. The number of nitrogens with one attached hydrogen (secondary N) is 1. The predicted molar refractivity (Wildman–Crippen MR) is 288 cm³/mol. The summed E-state index contributed by atoms with van der Waals surface area (Å²) in [6.45, 7) is 25.9. The van der Waals surface area contributed by atoms with E-state index < -0.39 is 58.2 Å². The molecule has 70 heavy (non-hydrogen) atoms. The number of H-pyrrole nitrogens is 1. The van der Waals surface area contributed by atoms with Gasteiger partial charge in [0.1, 0.15) is 35.4 Å². The van der Waals surface area contributed by atoms with Crippen LogP contribution in [0.2, 0.25) is 18.1 Å². The molecule has 5 rings (SSSR count). The van der Waals surface area contributed by atoms with Crippen LogP contribution in [0.5, 0.6) is 11.5 Å². The van der Waals surface area contributed by atoms with E-state index in [-0.39, 0.29) is 41.5 Å². The molecule has 13 nitrogen and oxygen atoms in total. The molecule has 17 heteroatoms. The average Bonchev–Trinajstić information content (AvgIpc) is 3.62. The number of unbranched alkanes of at least 4 members (excludes halogenated alkanes) is 1. The van der Waals surface area contributed by atoms with Crippen LogP contribution in [0, 0.1) is 11.3 Å². The van der Waals surface area contributed by atoms with Gasteiger partial charge in [-0.05, 0) is 106 Å². The molecule has 384 valence electrons. The number of aromatic nitrogens is 2. The van der Waals surface area contributed by atoms with Gasteiger partial charge in [-0.2, -0.15) is 5.26 Å². The zero-order valence-electron chi connectivity index (χ0n) is 43.8. The number of methoxy groups -OCH3 is 2. The first-order valence-corrected chi connectivity index (χ1v) is 30.6. The van der Waals surface area contributed by atoms with E-state index in [2.05, 4.69) is 98.1 Å². The standard InChI is InChI=1S/C53H77N4O9PS2Si/c1-37(2)57(38(3)4)67(63-33-20-32-54)65-46-45(36-62-53(40-22-16-15-17-23-40,41-24-28-43(60-11)29-25-41)42-26-30-44(61-12)31-27-42)64-49(47(46)66-70(13,14)52(8,9)10)56-35-39(48(58)55-50(56)59)21-18-19-34-68-69-51(5,6)7/h15-17,22-31,35,37-38,45-47,49H,18-21,33-34,36H2,1-14H3,(H,55,58,59)/t45-,46-,47-,49-,67?/m1/s1. The number of nitrogens with zero attached hydrogens (tertiary/aromatic N) is 3. The molecule has 1 saturated heterocycles. The van der Waals surface area contributed by atoms with Crippen LogP contribution < -0.4 is 20.7 Å². The van der Waals surface area contributed by atoms with Gasteiger partial charge >= 0.3 is 5.69 Å². The molecule has 1 fully saturated rings. The monoisotopic (exact) mass is 1040 g/mol. The zero-order valence-corrected chi connectivity index (χ0v) is 47.3. The molecule has 0 spiro atoms. The van der Waals surface area contributed by atoms with Crippen molar-refractivity contribution in [2.75, 3.05) is 33.2 Å². The third-order valence-electron chi connectivity index (χ3n) is 12.6. The minimum Gasteiger partial charge on any atom is -0.497 e. The highest BCUT2D eigenvalue weighted by Gasteiger charge is 2.54. The fourth-order valence-electron chi connectivity index (χ4n) is 8.10. The Bertz CT molecular complexity index is 2350. The van der Waals surface area contributed by atoms with E-state index >= 15 is 0 Å². The molecule has 1 aliphatic rings. The number of hydrogen-bond acceptors (Lipinski definition) is 13. The quantitative estimate of drug-likeness (QED) is 0.0221. The number of nitriles is 1. The van der Waals surface area contributed by atoms with E-state index in [1.54, 1.807) is 20.4 Å². The molecule has 0 bridgehead atoms. The lowest BCUT2D eigenvalue weighted by Crippen LogP contribution is -2.51. The second-order valence-electron chi connectivity index (χ2n) is 20.6. The molecule has 1 aliphatic heterocycles. The van der Waals surface area contributed by atoms with Gasteiger partial charge in [0, 0.05) is 34.3 Å². The van der Waals surface area contributed by atoms with Gasteiger partial charge in [0.2, 0.25) is 0 Å². The fourth-order valence-corrected chi connectivity index (χ4v) is 13.6. The highest BCUT2D eigenvalue weighted by molar-refractivity contribution is 8.77. The average molecular weight is 1040 g/mol. The molecule has 4 aromatic rings. The van der Waals surface area contributed by atoms with E-state index in [0.29, 0.717) is 23.5 Å². The van der Waals surface area contributed by atoms with Gasteiger partial charge in [-0.15, -0.1) is 0 Å². The van der Waals surface area contributed by atoms with Crippen molar-refractivity contribution in [3.05, 3.63) is 128 Å². The molecule has 0 amide bonds. The molecular weight excluding hydrogens is 960 g/mol. The maximum absolute atomic E-state index is 14.3. The number of hydrogen-bond donors (Lipinski definition) is 1. The summed E-state index contributed by atoms with van der Waals surface area (Å²) in [7, 11) is 2.40. The smallest absolute Gasteiger partial charge is 0.330 e. The summed E-state index contributed by atoms with van der Waals surface area (Å²) in [6.07, 6.45) is 0.274. The Labute approximate surface area is 427 Å². The molecule has 0 radical (unpaired) electrons. The minimum atomic E-state index is -2.70. The molecule has 0 aliphatic carbocycles. The summed E-state index contributed by atoms with van der Waals surface area (Å²) >= 11 is 0. The van der Waals surface area contributed by atoms with Crippen LogP contribution in [-0.4, -0.2) is 90.9 Å². The second kappa shape index (κ2) is 25.5. The Kier molecular flexibility index (Phi) is 20.9. The fraction of sp³-hybridized carbons (Fsp3) is 0.566. The Morgan fingerprint density at radius 3 is 1.93 bits per heavy atom. The van der Waals surface area contributed by atoms with E-state index in [4.69, 9.17) is 32.4 Å². The van der Waals surface area contributed by atoms with Crippen molar-refractivity contribution in [3.8, 4) is 17.6 Å². The highest BCUT2D eigenvalue weighted by atomic mass is 33.1. The summed E-state index contributed by atoms with van der Waals surface area (Å²) in [5, 5.41) is 9.38. The SMILES string of the molecule is COc1ccc(C(OC[C@H]2O[C@@H](n3cc(CCCCSSC(C)(C)C)c(=O)[nH]c3=O)[C@H](O[Si](C)(C)C(C)(C)C)[C@@H]2OP(OCCC#N)N(C(C)C)C(C)C)(c2ccccc2)c2ccc(OC)cc2)cc1. The first kappa shape index (κ1) is 57.4. The van der Waals surface area contributed by atoms with Crippen molar-refractivity contribution >= 4 is 38.4 Å². The van der Waals surface area contributed by atoms with Crippen LogP contribution in [0.25, 0.3) is 0 Å². The number of aromatic amines is 1. The van der Waals surface area contributed by atoms with Gasteiger partial charge in [0.05, 0.1) is 39.9 Å². The van der Waals surface area contributed by atoms with Crippen LogP contribution >= 0.6 is 30.1 Å². The molecule has 2 heterocycles. The first-order chi connectivity index (χ1) is 33.1. The van der Waals surface area contributed by atoms with E-state index in [9.17, 15) is 14.9 Å².